The van der Waals surface area contributed by atoms with Crippen LogP contribution in [0.2, 0.25) is 0 Å². The molecular weight excluding hydrogens is 416 g/mol. The summed E-state index contributed by atoms with van der Waals surface area (Å²) in [6.45, 7) is 6.56. The molecule has 1 aliphatic rings. The maximum Gasteiger partial charge on any atom is 0.158 e. The molecule has 33 heavy (non-hydrogen) atoms. The topological polar surface area (TPSA) is 115 Å². The van der Waals surface area contributed by atoms with Gasteiger partial charge < -0.3 is 20.3 Å². The number of benzene rings is 1. The molecule has 1 aromatic carbocycles. The smallest absolute Gasteiger partial charge is 0.158 e. The van der Waals surface area contributed by atoms with Gasteiger partial charge in [-0.05, 0) is 50.6 Å². The minimum atomic E-state index is 0.267. The molecule has 0 saturated carbocycles. The van der Waals surface area contributed by atoms with E-state index in [1.807, 2.05) is 18.2 Å². The fourth-order valence-corrected chi connectivity index (χ4v) is 4.06. The van der Waals surface area contributed by atoms with Gasteiger partial charge in [0.25, 0.3) is 0 Å². The van der Waals surface area contributed by atoms with Crippen LogP contribution in [0, 0.1) is 11.3 Å². The van der Waals surface area contributed by atoms with E-state index in [0.717, 1.165) is 30.1 Å². The number of aromatic nitrogens is 4. The highest BCUT2D eigenvalue weighted by molar-refractivity contribution is 5.71. The van der Waals surface area contributed by atoms with Crippen LogP contribution in [0.15, 0.2) is 36.7 Å². The molecule has 0 aliphatic carbocycles. The largest absolute Gasteiger partial charge is 0.496 e. The predicted molar refractivity (Wildman–Crippen MR) is 127 cm³/mol. The summed E-state index contributed by atoms with van der Waals surface area (Å²) in [5.41, 5.74) is 3.19. The van der Waals surface area contributed by atoms with Gasteiger partial charge in [0.2, 0.25) is 0 Å². The van der Waals surface area contributed by atoms with Crippen molar-refractivity contribution in [3.63, 3.8) is 0 Å². The first-order valence-corrected chi connectivity index (χ1v) is 11.3. The third kappa shape index (κ3) is 6.06. The quantitative estimate of drug-likeness (QED) is 0.458. The Kier molecular flexibility index (Phi) is 7.50. The number of methoxy groups -OCH3 is 1. The van der Waals surface area contributed by atoms with Gasteiger partial charge in [0.05, 0.1) is 25.2 Å². The number of hydrogen-bond acceptors (Lipinski definition) is 8. The summed E-state index contributed by atoms with van der Waals surface area (Å²) in [4.78, 5) is 10.7. The average Bonchev–Trinajstić information content (AvgIpc) is 3.32. The van der Waals surface area contributed by atoms with E-state index in [0.29, 0.717) is 17.7 Å². The number of anilines is 2. The zero-order chi connectivity index (χ0) is 23.0. The molecule has 0 unspecified atom stereocenters. The lowest BCUT2D eigenvalue weighted by atomic mass is 10.1. The van der Waals surface area contributed by atoms with Crippen LogP contribution in [0.4, 0.5) is 11.6 Å². The Balaban J connectivity index is 1.37. The number of nitrogens with zero attached hydrogens (tertiary/aromatic N) is 5. The summed E-state index contributed by atoms with van der Waals surface area (Å²) in [5.74, 6) is 1.90. The van der Waals surface area contributed by atoms with Crippen molar-refractivity contribution in [2.45, 2.75) is 38.8 Å². The molecule has 172 valence electrons. The third-order valence-electron chi connectivity index (χ3n) is 5.79. The van der Waals surface area contributed by atoms with Crippen molar-refractivity contribution in [3.05, 3.63) is 47.9 Å². The van der Waals surface area contributed by atoms with Crippen molar-refractivity contribution in [3.8, 4) is 23.1 Å². The summed E-state index contributed by atoms with van der Waals surface area (Å²) in [6, 6.07) is 10.5. The zero-order valence-corrected chi connectivity index (χ0v) is 19.1. The van der Waals surface area contributed by atoms with E-state index >= 15 is 0 Å². The molecule has 0 spiro atoms. The zero-order valence-electron chi connectivity index (χ0n) is 19.1. The Morgan fingerprint density at radius 2 is 2.00 bits per heavy atom. The highest BCUT2D eigenvalue weighted by atomic mass is 16.5. The lowest BCUT2D eigenvalue weighted by Crippen LogP contribution is -2.41. The number of likely N-dealkylation sites (tertiary alicyclic amines) is 1. The first kappa shape index (κ1) is 22.7. The summed E-state index contributed by atoms with van der Waals surface area (Å²) in [7, 11) is 1.68. The predicted octanol–water partition coefficient (Wildman–Crippen LogP) is 3.45. The van der Waals surface area contributed by atoms with Crippen LogP contribution in [0.25, 0.3) is 11.3 Å². The number of aromatic amines is 1. The highest BCUT2D eigenvalue weighted by Crippen LogP contribution is 2.31. The van der Waals surface area contributed by atoms with Crippen molar-refractivity contribution in [1.82, 2.24) is 30.4 Å². The number of rotatable bonds is 9. The first-order valence-electron chi connectivity index (χ1n) is 11.3. The van der Waals surface area contributed by atoms with Crippen molar-refractivity contribution < 1.29 is 4.74 Å². The molecule has 4 rings (SSSR count). The molecular formula is C24H30N8O. The standard InChI is InChI=1S/C24H30N8O/c1-17(16-32-8-4-3-5-9-32)26-13-18-6-7-20(22(10-18)33-2)21-11-23(31-30-21)29-24-15-27-19(12-25)14-28-24/h6-7,10-11,14-15,17,26H,3-5,8-9,13,16H2,1-2H3,(H2,28,29,30,31)/t17-/m1/s1. The van der Waals surface area contributed by atoms with E-state index in [2.05, 4.69) is 54.8 Å². The van der Waals surface area contributed by atoms with Crippen LogP contribution in [0.1, 0.15) is 37.4 Å². The number of H-pyrrole nitrogens is 1. The van der Waals surface area contributed by atoms with Crippen LogP contribution in [0.3, 0.4) is 0 Å². The van der Waals surface area contributed by atoms with Crippen molar-refractivity contribution in [2.24, 2.45) is 0 Å². The van der Waals surface area contributed by atoms with E-state index in [-0.39, 0.29) is 5.69 Å². The molecule has 1 fully saturated rings. The first-order chi connectivity index (χ1) is 16.1. The number of piperidine rings is 1. The van der Waals surface area contributed by atoms with Gasteiger partial charge in [-0.15, -0.1) is 0 Å². The fraction of sp³-hybridized carbons (Fsp3) is 0.417. The normalized spacial score (nSPS) is 15.1. The van der Waals surface area contributed by atoms with Gasteiger partial charge in [-0.1, -0.05) is 12.5 Å². The maximum absolute atomic E-state index is 8.84. The Hall–Kier alpha value is -3.48. The van der Waals surface area contributed by atoms with E-state index in [4.69, 9.17) is 10.00 Å². The molecule has 1 aliphatic heterocycles. The van der Waals surface area contributed by atoms with Crippen molar-refractivity contribution in [1.29, 1.82) is 5.26 Å². The molecule has 9 heteroatoms. The van der Waals surface area contributed by atoms with E-state index in [1.54, 1.807) is 7.11 Å². The minimum Gasteiger partial charge on any atom is -0.496 e. The third-order valence-corrected chi connectivity index (χ3v) is 5.79. The van der Waals surface area contributed by atoms with Gasteiger partial charge >= 0.3 is 0 Å². The summed E-state index contributed by atoms with van der Waals surface area (Å²) < 4.78 is 5.66. The second-order valence-electron chi connectivity index (χ2n) is 8.37. The fourth-order valence-electron chi connectivity index (χ4n) is 4.06. The molecule has 1 saturated heterocycles. The molecule has 2 aromatic heterocycles. The number of ether oxygens (including phenoxy) is 1. The maximum atomic E-state index is 8.84. The highest BCUT2D eigenvalue weighted by Gasteiger charge is 2.14. The molecule has 1 atom stereocenters. The molecule has 0 amide bonds. The lowest BCUT2D eigenvalue weighted by molar-refractivity contribution is 0.209. The molecule has 3 aromatic rings. The molecule has 9 nitrogen and oxygen atoms in total. The SMILES string of the molecule is COc1cc(CN[C@H](C)CN2CCCCC2)ccc1-c1cc(Nc2cnc(C#N)cn2)n[nH]1. The van der Waals surface area contributed by atoms with Crippen LogP contribution in [-0.2, 0) is 6.54 Å². The van der Waals surface area contributed by atoms with Gasteiger partial charge in [0, 0.05) is 30.8 Å². The van der Waals surface area contributed by atoms with Crippen molar-refractivity contribution in [2.75, 3.05) is 32.1 Å². The number of nitriles is 1. The van der Waals surface area contributed by atoms with Gasteiger partial charge in [0.15, 0.2) is 11.5 Å². The van der Waals surface area contributed by atoms with Gasteiger partial charge in [-0.25, -0.2) is 9.97 Å². The summed E-state index contributed by atoms with van der Waals surface area (Å²) in [6.07, 6.45) is 6.91. The van der Waals surface area contributed by atoms with Gasteiger partial charge in [0.1, 0.15) is 17.6 Å². The molecule has 3 heterocycles. The van der Waals surface area contributed by atoms with E-state index < -0.39 is 0 Å². The van der Waals surface area contributed by atoms with Crippen LogP contribution in [-0.4, -0.2) is 57.9 Å². The summed E-state index contributed by atoms with van der Waals surface area (Å²) in [5, 5.41) is 22.9. The molecule has 0 bridgehead atoms. The van der Waals surface area contributed by atoms with Gasteiger partial charge in [-0.3, -0.25) is 5.10 Å². The van der Waals surface area contributed by atoms with Gasteiger partial charge in [-0.2, -0.15) is 10.4 Å². The van der Waals surface area contributed by atoms with Crippen molar-refractivity contribution >= 4 is 11.6 Å². The number of hydrogen-bond donors (Lipinski definition) is 3. The minimum absolute atomic E-state index is 0.267. The van der Waals surface area contributed by atoms with E-state index in [1.165, 1.54) is 50.3 Å². The Bertz CT molecular complexity index is 1080. The Morgan fingerprint density at radius 3 is 2.73 bits per heavy atom. The Morgan fingerprint density at radius 1 is 1.15 bits per heavy atom. The second kappa shape index (κ2) is 10.9. The van der Waals surface area contributed by atoms with E-state index in [9.17, 15) is 0 Å². The average molecular weight is 447 g/mol. The van der Waals surface area contributed by atoms with Crippen LogP contribution >= 0.6 is 0 Å². The molecule has 0 radical (unpaired) electrons. The monoisotopic (exact) mass is 446 g/mol. The van der Waals surface area contributed by atoms with Crippen LogP contribution < -0.4 is 15.4 Å². The van der Waals surface area contributed by atoms with Crippen LogP contribution in [0.5, 0.6) is 5.75 Å². The molecule has 3 N–H and O–H groups in total. The second-order valence-corrected chi connectivity index (χ2v) is 8.37. The summed E-state index contributed by atoms with van der Waals surface area (Å²) >= 11 is 0. The Labute approximate surface area is 194 Å². The number of nitrogens with one attached hydrogen (secondary N) is 3. The lowest BCUT2D eigenvalue weighted by Gasteiger charge is -2.29.